The third-order valence-electron chi connectivity index (χ3n) is 5.47. The van der Waals surface area contributed by atoms with Crippen molar-refractivity contribution in [3.8, 4) is 5.75 Å². The van der Waals surface area contributed by atoms with Crippen molar-refractivity contribution < 1.29 is 19.2 Å². The third kappa shape index (κ3) is 3.58. The molecule has 0 spiro atoms. The zero-order valence-electron chi connectivity index (χ0n) is 14.6. The Hall–Kier alpha value is -1.85. The van der Waals surface area contributed by atoms with Crippen molar-refractivity contribution in [2.45, 2.75) is 44.6 Å². The van der Waals surface area contributed by atoms with Gasteiger partial charge < -0.3 is 19.2 Å². The van der Waals surface area contributed by atoms with Crippen LogP contribution in [0, 0.1) is 0 Å². The van der Waals surface area contributed by atoms with E-state index in [-0.39, 0.29) is 12.2 Å². The number of hydrogen-bond acceptors (Lipinski definition) is 4. The number of aliphatic hydroxyl groups is 1. The molecule has 0 bridgehead atoms. The predicted molar refractivity (Wildman–Crippen MR) is 95.4 cm³/mol. The monoisotopic (exact) mass is 344 g/mol. The smallest absolute Gasteiger partial charge is 0.339 e. The zero-order valence-corrected chi connectivity index (χ0v) is 14.6. The number of hydrogen-bond donors (Lipinski definition) is 2. The summed E-state index contributed by atoms with van der Waals surface area (Å²) in [5.41, 5.74) is 2.33. The maximum atomic E-state index is 12.1. The first kappa shape index (κ1) is 16.6. The van der Waals surface area contributed by atoms with E-state index in [1.165, 1.54) is 24.2 Å². The Morgan fingerprint density at radius 2 is 1.92 bits per heavy atom. The van der Waals surface area contributed by atoms with Crippen molar-refractivity contribution in [1.29, 1.82) is 0 Å². The number of quaternary nitrogens is 1. The van der Waals surface area contributed by atoms with E-state index in [2.05, 4.69) is 0 Å². The fourth-order valence-electron chi connectivity index (χ4n) is 4.19. The molecule has 1 aliphatic carbocycles. The molecular weight excluding hydrogens is 318 g/mol. The van der Waals surface area contributed by atoms with Gasteiger partial charge in [-0.2, -0.15) is 0 Å². The van der Waals surface area contributed by atoms with Crippen LogP contribution in [0.25, 0.3) is 11.0 Å². The molecule has 2 N–H and O–H groups in total. The van der Waals surface area contributed by atoms with Gasteiger partial charge in [0.1, 0.15) is 30.6 Å². The number of likely N-dealkylation sites (tertiary alicyclic amines) is 1. The van der Waals surface area contributed by atoms with Gasteiger partial charge in [0.25, 0.3) is 0 Å². The number of fused-ring (bicyclic) bond motifs is 3. The Morgan fingerprint density at radius 1 is 1.12 bits per heavy atom. The van der Waals surface area contributed by atoms with Crippen LogP contribution in [-0.2, 0) is 12.8 Å². The van der Waals surface area contributed by atoms with Gasteiger partial charge >= 0.3 is 5.63 Å². The van der Waals surface area contributed by atoms with Crippen LogP contribution in [0.4, 0.5) is 0 Å². The van der Waals surface area contributed by atoms with Gasteiger partial charge in [0, 0.05) is 17.0 Å². The SMILES string of the molecule is O=c1oc2cc(OC[C@@H](O)C[NH+]3CCCCC3)ccc2c2c1CCC2. The number of rotatable bonds is 5. The largest absolute Gasteiger partial charge is 0.491 e. The van der Waals surface area contributed by atoms with Gasteiger partial charge in [0.2, 0.25) is 0 Å². The van der Waals surface area contributed by atoms with Gasteiger partial charge in [0.15, 0.2) is 0 Å². The molecule has 0 radical (unpaired) electrons. The van der Waals surface area contributed by atoms with E-state index in [1.54, 1.807) is 6.07 Å². The molecule has 0 saturated carbocycles. The Kier molecular flexibility index (Phi) is 4.77. The maximum absolute atomic E-state index is 12.1. The molecule has 1 fully saturated rings. The second-order valence-corrected chi connectivity index (χ2v) is 7.34. The fourth-order valence-corrected chi connectivity index (χ4v) is 4.19. The summed E-state index contributed by atoms with van der Waals surface area (Å²) in [7, 11) is 0. The highest BCUT2D eigenvalue weighted by atomic mass is 16.5. The average molecular weight is 344 g/mol. The Morgan fingerprint density at radius 3 is 2.76 bits per heavy atom. The molecule has 2 aromatic rings. The van der Waals surface area contributed by atoms with Crippen LogP contribution in [0.15, 0.2) is 27.4 Å². The lowest BCUT2D eigenvalue weighted by atomic mass is 10.1. The lowest BCUT2D eigenvalue weighted by Crippen LogP contribution is -3.14. The zero-order chi connectivity index (χ0) is 17.2. The number of aliphatic hydroxyl groups excluding tert-OH is 1. The molecule has 2 heterocycles. The highest BCUT2D eigenvalue weighted by Crippen LogP contribution is 2.29. The van der Waals surface area contributed by atoms with E-state index < -0.39 is 6.10 Å². The van der Waals surface area contributed by atoms with Crippen LogP contribution in [0.5, 0.6) is 5.75 Å². The van der Waals surface area contributed by atoms with Crippen molar-refractivity contribution in [3.05, 3.63) is 39.7 Å². The fraction of sp³-hybridized carbons (Fsp3) is 0.550. The molecule has 5 heteroatoms. The van der Waals surface area contributed by atoms with Gasteiger partial charge in [-0.15, -0.1) is 0 Å². The third-order valence-corrected chi connectivity index (χ3v) is 5.47. The minimum atomic E-state index is -0.476. The summed E-state index contributed by atoms with van der Waals surface area (Å²) in [6.07, 6.45) is 6.10. The summed E-state index contributed by atoms with van der Waals surface area (Å²) in [6.45, 7) is 3.28. The summed E-state index contributed by atoms with van der Waals surface area (Å²) in [6, 6.07) is 5.65. The second kappa shape index (κ2) is 7.18. The van der Waals surface area contributed by atoms with Crippen LogP contribution in [-0.4, -0.2) is 37.5 Å². The molecule has 2 aliphatic rings. The maximum Gasteiger partial charge on any atom is 0.339 e. The molecule has 1 saturated heterocycles. The van der Waals surface area contributed by atoms with Gasteiger partial charge in [-0.05, 0) is 56.2 Å². The van der Waals surface area contributed by atoms with Crippen LogP contribution in [0.1, 0.15) is 36.8 Å². The van der Waals surface area contributed by atoms with Crippen molar-refractivity contribution in [1.82, 2.24) is 0 Å². The first-order valence-corrected chi connectivity index (χ1v) is 9.44. The second-order valence-electron chi connectivity index (χ2n) is 7.34. The summed E-state index contributed by atoms with van der Waals surface area (Å²) in [5.74, 6) is 0.640. The molecule has 1 aliphatic heterocycles. The van der Waals surface area contributed by atoms with E-state index >= 15 is 0 Å². The van der Waals surface area contributed by atoms with E-state index in [0.717, 1.165) is 55.4 Å². The number of ether oxygens (including phenoxy) is 1. The van der Waals surface area contributed by atoms with E-state index in [4.69, 9.17) is 9.15 Å². The van der Waals surface area contributed by atoms with Crippen LogP contribution < -0.4 is 15.3 Å². The molecular formula is C20H26NO4+. The first-order chi connectivity index (χ1) is 12.2. The Balaban J connectivity index is 1.43. The van der Waals surface area contributed by atoms with Crippen molar-refractivity contribution in [2.24, 2.45) is 0 Å². The van der Waals surface area contributed by atoms with Crippen molar-refractivity contribution in [2.75, 3.05) is 26.2 Å². The summed E-state index contributed by atoms with van der Waals surface area (Å²) >= 11 is 0. The quantitative estimate of drug-likeness (QED) is 0.797. The van der Waals surface area contributed by atoms with Gasteiger partial charge in [-0.1, -0.05) is 0 Å². The molecule has 1 aromatic carbocycles. The Labute approximate surface area is 147 Å². The highest BCUT2D eigenvalue weighted by Gasteiger charge is 2.21. The van der Waals surface area contributed by atoms with E-state index in [0.29, 0.717) is 11.3 Å². The summed E-state index contributed by atoms with van der Waals surface area (Å²) < 4.78 is 11.2. The summed E-state index contributed by atoms with van der Waals surface area (Å²) in [5, 5.41) is 11.2. The lowest BCUT2D eigenvalue weighted by Gasteiger charge is -2.25. The predicted octanol–water partition coefficient (Wildman–Crippen LogP) is 1.09. The van der Waals surface area contributed by atoms with Gasteiger partial charge in [-0.25, -0.2) is 4.79 Å². The van der Waals surface area contributed by atoms with E-state index in [1.807, 2.05) is 12.1 Å². The number of aryl methyl sites for hydroxylation is 1. The van der Waals surface area contributed by atoms with Crippen molar-refractivity contribution >= 4 is 11.0 Å². The highest BCUT2D eigenvalue weighted by molar-refractivity contribution is 5.83. The molecule has 1 atom stereocenters. The topological polar surface area (TPSA) is 64.1 Å². The van der Waals surface area contributed by atoms with Gasteiger partial charge in [0.05, 0.1) is 13.1 Å². The van der Waals surface area contributed by atoms with E-state index in [9.17, 15) is 9.90 Å². The molecule has 0 unspecified atom stereocenters. The molecule has 1 aromatic heterocycles. The summed E-state index contributed by atoms with van der Waals surface area (Å²) in [4.78, 5) is 13.5. The first-order valence-electron chi connectivity index (χ1n) is 9.44. The number of benzene rings is 1. The number of nitrogens with one attached hydrogen (secondary N) is 1. The van der Waals surface area contributed by atoms with Crippen molar-refractivity contribution in [3.63, 3.8) is 0 Å². The Bertz CT molecular complexity index is 807. The van der Waals surface area contributed by atoms with Crippen LogP contribution in [0.2, 0.25) is 0 Å². The lowest BCUT2D eigenvalue weighted by molar-refractivity contribution is -0.908. The minimum Gasteiger partial charge on any atom is -0.491 e. The standard InChI is InChI=1S/C20H25NO4/c22-14(12-21-9-2-1-3-10-21)13-24-15-7-8-17-16-5-4-6-18(16)20(23)25-19(17)11-15/h7-8,11,14,22H,1-6,9-10,12-13H2/p+1/t14-/m0/s1. The number of piperidine rings is 1. The molecule has 4 rings (SSSR count). The van der Waals surface area contributed by atoms with Crippen LogP contribution >= 0.6 is 0 Å². The van der Waals surface area contributed by atoms with Crippen LogP contribution in [0.3, 0.4) is 0 Å². The molecule has 0 amide bonds. The molecule has 25 heavy (non-hydrogen) atoms. The molecule has 134 valence electrons. The normalized spacial score (nSPS) is 19.1. The minimum absolute atomic E-state index is 0.217. The van der Waals surface area contributed by atoms with Gasteiger partial charge in [-0.3, -0.25) is 0 Å². The average Bonchev–Trinajstić information content (AvgIpc) is 3.11. The molecule has 5 nitrogen and oxygen atoms in total.